The maximum atomic E-state index is 12.8. The summed E-state index contributed by atoms with van der Waals surface area (Å²) in [7, 11) is 0. The number of para-hydroxylation sites is 1. The SMILES string of the molecule is CC(C)(C)NC(=O)c1nc(C(=O)Nc2ccccc2C#N)c2n1CCCC2. The lowest BCUT2D eigenvalue weighted by Crippen LogP contribution is -2.42. The van der Waals surface area contributed by atoms with Crippen LogP contribution in [-0.2, 0) is 13.0 Å². The molecule has 1 aliphatic rings. The van der Waals surface area contributed by atoms with E-state index in [1.165, 1.54) is 0 Å². The minimum atomic E-state index is -0.404. The van der Waals surface area contributed by atoms with E-state index in [4.69, 9.17) is 0 Å². The van der Waals surface area contributed by atoms with Crippen LogP contribution in [0.1, 0.15) is 66.0 Å². The highest BCUT2D eigenvalue weighted by atomic mass is 16.2. The van der Waals surface area contributed by atoms with Gasteiger partial charge in [0.2, 0.25) is 0 Å². The third kappa shape index (κ3) is 4.00. The number of nitrogens with one attached hydrogen (secondary N) is 2. The fourth-order valence-electron chi connectivity index (χ4n) is 3.17. The first-order chi connectivity index (χ1) is 12.8. The number of aromatic nitrogens is 2. The fraction of sp³-hybridized carbons (Fsp3) is 0.400. The average Bonchev–Trinajstić information content (AvgIpc) is 3.01. The number of hydrogen-bond acceptors (Lipinski definition) is 4. The molecular formula is C20H23N5O2. The third-order valence-electron chi connectivity index (χ3n) is 4.32. The quantitative estimate of drug-likeness (QED) is 0.873. The van der Waals surface area contributed by atoms with Gasteiger partial charge in [-0.1, -0.05) is 12.1 Å². The second-order valence-corrected chi connectivity index (χ2v) is 7.66. The van der Waals surface area contributed by atoms with Gasteiger partial charge in [0.05, 0.1) is 16.9 Å². The minimum Gasteiger partial charge on any atom is -0.345 e. The molecule has 2 amide bonds. The second kappa shape index (κ2) is 7.23. The Morgan fingerprint density at radius 2 is 1.93 bits per heavy atom. The van der Waals surface area contributed by atoms with Crippen LogP contribution in [0.3, 0.4) is 0 Å². The summed E-state index contributed by atoms with van der Waals surface area (Å²) in [6.07, 6.45) is 2.58. The monoisotopic (exact) mass is 365 g/mol. The number of fused-ring (bicyclic) bond motifs is 1. The van der Waals surface area contributed by atoms with Gasteiger partial charge in [0, 0.05) is 12.1 Å². The van der Waals surface area contributed by atoms with Crippen molar-refractivity contribution in [2.75, 3.05) is 5.32 Å². The summed E-state index contributed by atoms with van der Waals surface area (Å²) < 4.78 is 1.84. The Labute approximate surface area is 158 Å². The maximum Gasteiger partial charge on any atom is 0.287 e. The van der Waals surface area contributed by atoms with Crippen molar-refractivity contribution >= 4 is 17.5 Å². The van der Waals surface area contributed by atoms with Gasteiger partial charge in [0.1, 0.15) is 6.07 Å². The molecule has 3 rings (SSSR count). The zero-order valence-corrected chi connectivity index (χ0v) is 15.8. The Bertz CT molecular complexity index is 931. The molecule has 0 atom stereocenters. The average molecular weight is 365 g/mol. The van der Waals surface area contributed by atoms with Crippen LogP contribution < -0.4 is 10.6 Å². The molecule has 0 aliphatic carbocycles. The van der Waals surface area contributed by atoms with Gasteiger partial charge in [-0.25, -0.2) is 4.98 Å². The van der Waals surface area contributed by atoms with Crippen molar-refractivity contribution in [2.45, 2.75) is 52.1 Å². The molecule has 0 spiro atoms. The van der Waals surface area contributed by atoms with E-state index in [1.807, 2.05) is 25.3 Å². The van der Waals surface area contributed by atoms with Gasteiger partial charge in [0.25, 0.3) is 11.8 Å². The normalized spacial score (nSPS) is 13.4. The minimum absolute atomic E-state index is 0.251. The van der Waals surface area contributed by atoms with Gasteiger partial charge in [-0.15, -0.1) is 0 Å². The molecule has 0 bridgehead atoms. The van der Waals surface area contributed by atoms with Gasteiger partial charge in [-0.05, 0) is 52.2 Å². The molecule has 2 aromatic rings. The Morgan fingerprint density at radius 1 is 1.19 bits per heavy atom. The molecule has 7 heteroatoms. The van der Waals surface area contributed by atoms with E-state index in [2.05, 4.69) is 21.7 Å². The summed E-state index contributed by atoms with van der Waals surface area (Å²) in [6.45, 7) is 6.36. The van der Waals surface area contributed by atoms with Crippen LogP contribution >= 0.6 is 0 Å². The summed E-state index contributed by atoms with van der Waals surface area (Å²) in [5.74, 6) is -0.432. The van der Waals surface area contributed by atoms with E-state index >= 15 is 0 Å². The van der Waals surface area contributed by atoms with Crippen LogP contribution in [0, 0.1) is 11.3 Å². The van der Waals surface area contributed by atoms with Crippen LogP contribution in [0.5, 0.6) is 0 Å². The molecule has 0 fully saturated rings. The van der Waals surface area contributed by atoms with E-state index in [-0.39, 0.29) is 17.4 Å². The zero-order valence-electron chi connectivity index (χ0n) is 15.8. The van der Waals surface area contributed by atoms with Crippen molar-refractivity contribution in [1.29, 1.82) is 5.26 Å². The van der Waals surface area contributed by atoms with E-state index in [9.17, 15) is 14.9 Å². The Balaban J connectivity index is 1.95. The molecule has 2 N–H and O–H groups in total. The van der Waals surface area contributed by atoms with E-state index in [0.717, 1.165) is 18.5 Å². The zero-order chi connectivity index (χ0) is 19.6. The molecule has 2 heterocycles. The summed E-state index contributed by atoms with van der Waals surface area (Å²) in [6, 6.07) is 8.86. The van der Waals surface area contributed by atoms with Gasteiger partial charge in [0.15, 0.2) is 11.5 Å². The molecule has 7 nitrogen and oxygen atoms in total. The maximum absolute atomic E-state index is 12.8. The van der Waals surface area contributed by atoms with Crippen molar-refractivity contribution in [2.24, 2.45) is 0 Å². The number of nitriles is 1. The Hall–Kier alpha value is -3.14. The van der Waals surface area contributed by atoms with E-state index in [1.54, 1.807) is 24.3 Å². The summed E-state index contributed by atoms with van der Waals surface area (Å²) in [5.41, 5.74) is 1.44. The molecule has 0 radical (unpaired) electrons. The van der Waals surface area contributed by atoms with Gasteiger partial charge in [-0.2, -0.15) is 5.26 Å². The lowest BCUT2D eigenvalue weighted by molar-refractivity contribution is 0.0903. The lowest BCUT2D eigenvalue weighted by Gasteiger charge is -2.22. The topological polar surface area (TPSA) is 99.8 Å². The standard InChI is InChI=1S/C20H23N5O2/c1-20(2,3)24-19(27)17-23-16(15-10-6-7-11-25(15)17)18(26)22-14-9-5-4-8-13(14)12-21/h4-5,8-9H,6-7,10-11H2,1-3H3,(H,22,26)(H,24,27). The number of imidazole rings is 1. The van der Waals surface area contributed by atoms with Gasteiger partial charge >= 0.3 is 0 Å². The molecule has 1 aromatic carbocycles. The predicted molar refractivity (Wildman–Crippen MR) is 101 cm³/mol. The van der Waals surface area contributed by atoms with Crippen LogP contribution in [0.25, 0.3) is 0 Å². The fourth-order valence-corrected chi connectivity index (χ4v) is 3.17. The van der Waals surface area contributed by atoms with Crippen molar-refractivity contribution < 1.29 is 9.59 Å². The van der Waals surface area contributed by atoms with Crippen molar-refractivity contribution in [1.82, 2.24) is 14.9 Å². The highest BCUT2D eigenvalue weighted by Gasteiger charge is 2.29. The molecule has 1 aromatic heterocycles. The first kappa shape index (κ1) is 18.6. The summed E-state index contributed by atoms with van der Waals surface area (Å²) in [4.78, 5) is 29.9. The van der Waals surface area contributed by atoms with Crippen molar-refractivity contribution in [3.8, 4) is 6.07 Å². The smallest absolute Gasteiger partial charge is 0.287 e. The second-order valence-electron chi connectivity index (χ2n) is 7.66. The third-order valence-corrected chi connectivity index (χ3v) is 4.32. The van der Waals surface area contributed by atoms with Gasteiger partial charge in [-0.3, -0.25) is 9.59 Å². The van der Waals surface area contributed by atoms with Crippen LogP contribution in [0.15, 0.2) is 24.3 Å². The van der Waals surface area contributed by atoms with Gasteiger partial charge < -0.3 is 15.2 Å². The summed E-state index contributed by atoms with van der Waals surface area (Å²) in [5, 5.41) is 14.9. The molecule has 0 saturated carbocycles. The van der Waals surface area contributed by atoms with E-state index in [0.29, 0.717) is 24.2 Å². The number of rotatable bonds is 3. The molecule has 0 saturated heterocycles. The molecule has 27 heavy (non-hydrogen) atoms. The predicted octanol–water partition coefficient (Wildman–Crippen LogP) is 2.87. The number of carbonyl (C=O) groups excluding carboxylic acids is 2. The number of nitrogens with zero attached hydrogens (tertiary/aromatic N) is 3. The number of hydrogen-bond donors (Lipinski definition) is 2. The van der Waals surface area contributed by atoms with Crippen molar-refractivity contribution in [3.63, 3.8) is 0 Å². The van der Waals surface area contributed by atoms with Crippen LogP contribution in [0.4, 0.5) is 5.69 Å². The lowest BCUT2D eigenvalue weighted by atomic mass is 10.1. The Morgan fingerprint density at radius 3 is 2.63 bits per heavy atom. The van der Waals surface area contributed by atoms with Crippen molar-refractivity contribution in [3.05, 3.63) is 47.0 Å². The number of benzene rings is 1. The van der Waals surface area contributed by atoms with Crippen LogP contribution in [0.2, 0.25) is 0 Å². The highest BCUT2D eigenvalue weighted by Crippen LogP contribution is 2.23. The number of amides is 2. The molecule has 1 aliphatic heterocycles. The number of carbonyl (C=O) groups is 2. The largest absolute Gasteiger partial charge is 0.345 e. The highest BCUT2D eigenvalue weighted by molar-refractivity contribution is 6.05. The molecule has 140 valence electrons. The Kier molecular flexibility index (Phi) is 5.00. The van der Waals surface area contributed by atoms with Crippen LogP contribution in [-0.4, -0.2) is 26.9 Å². The summed E-state index contributed by atoms with van der Waals surface area (Å²) >= 11 is 0. The molecular weight excluding hydrogens is 342 g/mol. The molecule has 0 unspecified atom stereocenters. The number of anilines is 1. The first-order valence-corrected chi connectivity index (χ1v) is 9.02. The first-order valence-electron chi connectivity index (χ1n) is 9.02. The van der Waals surface area contributed by atoms with E-state index < -0.39 is 11.4 Å².